The molecule has 1 aromatic carbocycles. The van der Waals surface area contributed by atoms with Crippen LogP contribution in [-0.4, -0.2) is 34.9 Å². The van der Waals surface area contributed by atoms with Gasteiger partial charge < -0.3 is 14.5 Å². The van der Waals surface area contributed by atoms with Gasteiger partial charge in [-0.1, -0.05) is 11.6 Å². The van der Waals surface area contributed by atoms with Gasteiger partial charge in [-0.3, -0.25) is 14.9 Å². The van der Waals surface area contributed by atoms with Crippen molar-refractivity contribution >= 4 is 29.0 Å². The molecule has 0 bridgehead atoms. The summed E-state index contributed by atoms with van der Waals surface area (Å²) in [6, 6.07) is 3.89. The molecule has 0 saturated heterocycles. The van der Waals surface area contributed by atoms with E-state index in [9.17, 15) is 19.7 Å². The normalized spacial score (nSPS) is 10.5. The molecule has 138 valence electrons. The number of H-pyrrole nitrogens is 1. The molecular weight excluding hydrogens is 364 g/mol. The molecule has 0 atom stereocenters. The third-order valence-corrected chi connectivity index (χ3v) is 3.91. The van der Waals surface area contributed by atoms with Gasteiger partial charge in [-0.25, -0.2) is 4.79 Å². The Morgan fingerprint density at radius 3 is 2.62 bits per heavy atom. The predicted molar refractivity (Wildman–Crippen MR) is 94.2 cm³/mol. The molecule has 1 heterocycles. The van der Waals surface area contributed by atoms with Gasteiger partial charge in [-0.2, -0.15) is 0 Å². The summed E-state index contributed by atoms with van der Waals surface area (Å²) in [6.45, 7) is 4.74. The number of aromatic amines is 1. The number of esters is 1. The standard InChI is InChI=1S/C17H17ClN2O6/c1-4-25-17(22)15-9(2)16(19-10(15)3)13(21)8-26-14-6-5-11(18)7-12(14)20(23)24/h5-7,19H,4,8H2,1-3H3. The predicted octanol–water partition coefficient (Wildman–Crippen LogP) is 3.63. The number of Topliss-reactive ketones (excluding diaryl/α,β-unsaturated/α-hetero) is 1. The maximum absolute atomic E-state index is 12.4. The zero-order valence-electron chi connectivity index (χ0n) is 14.4. The molecule has 0 saturated carbocycles. The van der Waals surface area contributed by atoms with Gasteiger partial charge in [0.1, 0.15) is 0 Å². The van der Waals surface area contributed by atoms with Gasteiger partial charge >= 0.3 is 11.7 Å². The molecule has 0 radical (unpaired) electrons. The fourth-order valence-corrected chi connectivity index (χ4v) is 2.68. The van der Waals surface area contributed by atoms with Crippen LogP contribution in [0.25, 0.3) is 0 Å². The average Bonchev–Trinajstić information content (AvgIpc) is 2.88. The average molecular weight is 381 g/mol. The second-order valence-electron chi connectivity index (χ2n) is 5.43. The van der Waals surface area contributed by atoms with Gasteiger partial charge in [0, 0.05) is 16.8 Å². The largest absolute Gasteiger partial charge is 0.478 e. The highest BCUT2D eigenvalue weighted by atomic mass is 35.5. The maximum Gasteiger partial charge on any atom is 0.340 e. The van der Waals surface area contributed by atoms with E-state index >= 15 is 0 Å². The number of hydrogen-bond acceptors (Lipinski definition) is 6. The lowest BCUT2D eigenvalue weighted by atomic mass is 10.1. The van der Waals surface area contributed by atoms with Crippen molar-refractivity contribution in [2.75, 3.05) is 13.2 Å². The summed E-state index contributed by atoms with van der Waals surface area (Å²) in [5.74, 6) is -1.04. The zero-order valence-corrected chi connectivity index (χ0v) is 15.2. The highest BCUT2D eigenvalue weighted by Crippen LogP contribution is 2.30. The van der Waals surface area contributed by atoms with Crippen molar-refractivity contribution in [3.8, 4) is 5.75 Å². The second kappa shape index (κ2) is 8.01. The van der Waals surface area contributed by atoms with Crippen LogP contribution in [0.1, 0.15) is 39.0 Å². The molecule has 26 heavy (non-hydrogen) atoms. The SMILES string of the molecule is CCOC(=O)c1c(C)[nH]c(C(=O)COc2ccc(Cl)cc2[N+](=O)[O-])c1C. The lowest BCUT2D eigenvalue weighted by molar-refractivity contribution is -0.385. The Hall–Kier alpha value is -2.87. The molecule has 0 unspecified atom stereocenters. The first-order valence-electron chi connectivity index (χ1n) is 7.72. The first kappa shape index (κ1) is 19.5. The summed E-state index contributed by atoms with van der Waals surface area (Å²) in [5.41, 5.74) is 1.11. The molecule has 9 heteroatoms. The first-order valence-corrected chi connectivity index (χ1v) is 8.10. The number of carbonyl (C=O) groups excluding carboxylic acids is 2. The molecule has 1 aromatic heterocycles. The van der Waals surface area contributed by atoms with Crippen LogP contribution in [0.15, 0.2) is 18.2 Å². The molecular formula is C17H17ClN2O6. The summed E-state index contributed by atoms with van der Waals surface area (Å²) >= 11 is 5.74. The highest BCUT2D eigenvalue weighted by Gasteiger charge is 2.24. The van der Waals surface area contributed by atoms with E-state index < -0.39 is 23.3 Å². The third-order valence-electron chi connectivity index (χ3n) is 3.67. The number of rotatable bonds is 7. The van der Waals surface area contributed by atoms with Crippen LogP contribution in [-0.2, 0) is 4.74 Å². The fraction of sp³-hybridized carbons (Fsp3) is 0.294. The van der Waals surface area contributed by atoms with E-state index in [-0.39, 0.29) is 28.8 Å². The minimum absolute atomic E-state index is 0.0701. The van der Waals surface area contributed by atoms with Gasteiger partial charge in [0.05, 0.1) is 22.8 Å². The van der Waals surface area contributed by atoms with Gasteiger partial charge in [-0.15, -0.1) is 0 Å². The van der Waals surface area contributed by atoms with Crippen LogP contribution in [0.5, 0.6) is 5.75 Å². The van der Waals surface area contributed by atoms with Crippen LogP contribution >= 0.6 is 11.6 Å². The van der Waals surface area contributed by atoms with Crippen molar-refractivity contribution in [3.05, 3.63) is 55.9 Å². The monoisotopic (exact) mass is 380 g/mol. The van der Waals surface area contributed by atoms with E-state index in [2.05, 4.69) is 4.98 Å². The van der Waals surface area contributed by atoms with Crippen molar-refractivity contribution in [3.63, 3.8) is 0 Å². The van der Waals surface area contributed by atoms with Crippen molar-refractivity contribution < 1.29 is 24.0 Å². The Balaban J connectivity index is 2.21. The van der Waals surface area contributed by atoms with Crippen LogP contribution in [0.3, 0.4) is 0 Å². The number of nitro groups is 1. The number of nitrogens with zero attached hydrogens (tertiary/aromatic N) is 1. The van der Waals surface area contributed by atoms with E-state index in [1.165, 1.54) is 12.1 Å². The summed E-state index contributed by atoms with van der Waals surface area (Å²) in [4.78, 5) is 37.7. The molecule has 1 N–H and O–H groups in total. The van der Waals surface area contributed by atoms with E-state index in [0.29, 0.717) is 16.8 Å². The molecule has 2 rings (SSSR count). The van der Waals surface area contributed by atoms with Crippen molar-refractivity contribution in [1.82, 2.24) is 4.98 Å². The molecule has 0 aliphatic heterocycles. The molecule has 2 aromatic rings. The minimum atomic E-state index is -0.644. The number of carbonyl (C=O) groups is 2. The van der Waals surface area contributed by atoms with E-state index in [1.54, 1.807) is 20.8 Å². The second-order valence-corrected chi connectivity index (χ2v) is 5.86. The molecule has 0 aliphatic rings. The van der Waals surface area contributed by atoms with Gasteiger partial charge in [0.2, 0.25) is 5.78 Å². The first-order chi connectivity index (χ1) is 12.3. The van der Waals surface area contributed by atoms with E-state index in [4.69, 9.17) is 21.1 Å². The van der Waals surface area contributed by atoms with Gasteiger partial charge in [0.25, 0.3) is 0 Å². The Bertz CT molecular complexity index is 874. The van der Waals surface area contributed by atoms with Gasteiger partial charge in [0.15, 0.2) is 12.4 Å². The third kappa shape index (κ3) is 4.02. The Morgan fingerprint density at radius 2 is 2.00 bits per heavy atom. The number of benzene rings is 1. The molecule has 8 nitrogen and oxygen atoms in total. The summed E-state index contributed by atoms with van der Waals surface area (Å²) < 4.78 is 10.3. The van der Waals surface area contributed by atoms with Crippen LogP contribution < -0.4 is 4.74 Å². The number of hydrogen-bond donors (Lipinski definition) is 1. The van der Waals surface area contributed by atoms with Crippen molar-refractivity contribution in [2.24, 2.45) is 0 Å². The Kier molecular flexibility index (Phi) is 5.99. The van der Waals surface area contributed by atoms with Crippen molar-refractivity contribution in [1.29, 1.82) is 0 Å². The lowest BCUT2D eigenvalue weighted by Crippen LogP contribution is -2.14. The summed E-state index contributed by atoms with van der Waals surface area (Å²) in [6.07, 6.45) is 0. The lowest BCUT2D eigenvalue weighted by Gasteiger charge is -2.06. The number of ether oxygens (including phenoxy) is 2. The fourth-order valence-electron chi connectivity index (χ4n) is 2.51. The number of nitro benzene ring substituents is 1. The number of ketones is 1. The minimum Gasteiger partial charge on any atom is -0.478 e. The van der Waals surface area contributed by atoms with Crippen LogP contribution in [0, 0.1) is 24.0 Å². The Morgan fingerprint density at radius 1 is 1.31 bits per heavy atom. The number of aromatic nitrogens is 1. The topological polar surface area (TPSA) is 112 Å². The maximum atomic E-state index is 12.4. The molecule has 0 spiro atoms. The smallest absolute Gasteiger partial charge is 0.340 e. The Labute approximate surface area is 154 Å². The number of nitrogens with one attached hydrogen (secondary N) is 1. The van der Waals surface area contributed by atoms with Crippen LogP contribution in [0.4, 0.5) is 5.69 Å². The number of aryl methyl sites for hydroxylation is 1. The van der Waals surface area contributed by atoms with Crippen molar-refractivity contribution in [2.45, 2.75) is 20.8 Å². The summed E-state index contributed by atoms with van der Waals surface area (Å²) in [5, 5.41) is 11.2. The number of halogens is 1. The molecule has 0 fully saturated rings. The quantitative estimate of drug-likeness (QED) is 0.340. The molecule has 0 aliphatic carbocycles. The highest BCUT2D eigenvalue weighted by molar-refractivity contribution is 6.30. The van der Waals surface area contributed by atoms with Crippen LogP contribution in [0.2, 0.25) is 5.02 Å². The van der Waals surface area contributed by atoms with E-state index in [1.807, 2.05) is 0 Å². The zero-order chi connectivity index (χ0) is 19.4. The summed E-state index contributed by atoms with van der Waals surface area (Å²) in [7, 11) is 0. The molecule has 0 amide bonds. The van der Waals surface area contributed by atoms with Gasteiger partial charge in [-0.05, 0) is 38.5 Å². The van der Waals surface area contributed by atoms with E-state index in [0.717, 1.165) is 6.07 Å².